The molecule has 1 aliphatic rings. The SMILES string of the molecule is CCCN(C(=O)c1ccc([N+](=O)[O-])n1C)C1CNC1. The van der Waals surface area contributed by atoms with Gasteiger partial charge in [0.15, 0.2) is 5.69 Å². The fraction of sp³-hybridized carbons (Fsp3) is 0.583. The molecular weight excluding hydrogens is 248 g/mol. The molecule has 7 nitrogen and oxygen atoms in total. The van der Waals surface area contributed by atoms with Crippen molar-refractivity contribution in [3.8, 4) is 0 Å². The highest BCUT2D eigenvalue weighted by atomic mass is 16.6. The Bertz CT molecular complexity index is 493. The van der Waals surface area contributed by atoms with Crippen molar-refractivity contribution < 1.29 is 9.72 Å². The van der Waals surface area contributed by atoms with E-state index in [1.807, 2.05) is 6.92 Å². The summed E-state index contributed by atoms with van der Waals surface area (Å²) in [4.78, 5) is 24.6. The Labute approximate surface area is 111 Å². The van der Waals surface area contributed by atoms with E-state index < -0.39 is 4.92 Å². The van der Waals surface area contributed by atoms with Crippen molar-refractivity contribution in [3.05, 3.63) is 27.9 Å². The van der Waals surface area contributed by atoms with Crippen LogP contribution < -0.4 is 5.32 Å². The summed E-state index contributed by atoms with van der Waals surface area (Å²) in [7, 11) is 1.55. The number of nitrogens with zero attached hydrogens (tertiary/aromatic N) is 3. The molecule has 1 amide bonds. The highest BCUT2D eigenvalue weighted by Crippen LogP contribution is 2.18. The maximum Gasteiger partial charge on any atom is 0.323 e. The molecule has 0 bridgehead atoms. The first-order valence-electron chi connectivity index (χ1n) is 6.38. The van der Waals surface area contributed by atoms with Gasteiger partial charge in [-0.25, -0.2) is 4.57 Å². The van der Waals surface area contributed by atoms with Gasteiger partial charge in [0.05, 0.1) is 13.1 Å². The fourth-order valence-corrected chi connectivity index (χ4v) is 2.23. The van der Waals surface area contributed by atoms with E-state index in [1.165, 1.54) is 16.7 Å². The van der Waals surface area contributed by atoms with Gasteiger partial charge in [-0.05, 0) is 17.4 Å². The number of aromatic nitrogens is 1. The molecule has 0 radical (unpaired) electrons. The van der Waals surface area contributed by atoms with Gasteiger partial charge >= 0.3 is 5.82 Å². The van der Waals surface area contributed by atoms with Gasteiger partial charge in [-0.2, -0.15) is 0 Å². The molecule has 1 aromatic rings. The number of carbonyl (C=O) groups is 1. The Kier molecular flexibility index (Phi) is 3.84. The molecule has 0 spiro atoms. The molecule has 1 saturated heterocycles. The highest BCUT2D eigenvalue weighted by Gasteiger charge is 2.32. The van der Waals surface area contributed by atoms with Gasteiger partial charge in [0, 0.05) is 25.7 Å². The maximum absolute atomic E-state index is 12.5. The highest BCUT2D eigenvalue weighted by molar-refractivity contribution is 5.93. The molecule has 0 aromatic carbocycles. The van der Waals surface area contributed by atoms with Crippen LogP contribution in [0.2, 0.25) is 0 Å². The minimum Gasteiger partial charge on any atom is -0.358 e. The van der Waals surface area contributed by atoms with E-state index in [0.29, 0.717) is 12.2 Å². The van der Waals surface area contributed by atoms with E-state index in [-0.39, 0.29) is 17.8 Å². The lowest BCUT2D eigenvalue weighted by Gasteiger charge is -2.37. The molecule has 1 N–H and O–H groups in total. The average Bonchev–Trinajstić information content (AvgIpc) is 2.67. The molecule has 0 aliphatic carbocycles. The standard InChI is InChI=1S/C12H18N4O3/c1-3-6-15(9-7-13-8-9)12(17)10-4-5-11(14(10)2)16(18)19/h4-5,9,13H,3,6-8H2,1-2H3. The fourth-order valence-electron chi connectivity index (χ4n) is 2.23. The number of carbonyl (C=O) groups excluding carboxylic acids is 1. The molecule has 1 aliphatic heterocycles. The Morgan fingerprint density at radius 1 is 1.58 bits per heavy atom. The summed E-state index contributed by atoms with van der Waals surface area (Å²) in [5.74, 6) is -0.199. The van der Waals surface area contributed by atoms with Crippen LogP contribution in [0.4, 0.5) is 5.82 Å². The average molecular weight is 266 g/mol. The van der Waals surface area contributed by atoms with Gasteiger partial charge in [-0.1, -0.05) is 6.92 Å². The van der Waals surface area contributed by atoms with Crippen LogP contribution in [0.3, 0.4) is 0 Å². The third-order valence-corrected chi connectivity index (χ3v) is 3.43. The van der Waals surface area contributed by atoms with Gasteiger partial charge in [-0.15, -0.1) is 0 Å². The zero-order valence-corrected chi connectivity index (χ0v) is 11.1. The van der Waals surface area contributed by atoms with E-state index in [1.54, 1.807) is 11.9 Å². The summed E-state index contributed by atoms with van der Waals surface area (Å²) in [6.07, 6.45) is 0.870. The topological polar surface area (TPSA) is 80.4 Å². The lowest BCUT2D eigenvalue weighted by Crippen LogP contribution is -2.59. The van der Waals surface area contributed by atoms with E-state index in [0.717, 1.165) is 19.5 Å². The van der Waals surface area contributed by atoms with E-state index >= 15 is 0 Å². The van der Waals surface area contributed by atoms with Crippen molar-refractivity contribution in [2.75, 3.05) is 19.6 Å². The third-order valence-electron chi connectivity index (χ3n) is 3.43. The first-order chi connectivity index (χ1) is 9.06. The van der Waals surface area contributed by atoms with Gasteiger partial charge in [0.25, 0.3) is 5.91 Å². The summed E-state index contributed by atoms with van der Waals surface area (Å²) >= 11 is 0. The number of nitro groups is 1. The lowest BCUT2D eigenvalue weighted by atomic mass is 10.1. The molecule has 2 rings (SSSR count). The minimum absolute atomic E-state index is 0.0634. The van der Waals surface area contributed by atoms with Crippen molar-refractivity contribution in [3.63, 3.8) is 0 Å². The van der Waals surface area contributed by atoms with Crippen LogP contribution in [0.15, 0.2) is 12.1 Å². The molecule has 0 unspecified atom stereocenters. The van der Waals surface area contributed by atoms with E-state index in [2.05, 4.69) is 5.32 Å². The predicted molar refractivity (Wildman–Crippen MR) is 70.1 cm³/mol. The van der Waals surface area contributed by atoms with Crippen LogP contribution in [0, 0.1) is 10.1 Å². The Balaban J connectivity index is 2.23. The largest absolute Gasteiger partial charge is 0.358 e. The van der Waals surface area contributed by atoms with Gasteiger partial charge in [0.1, 0.15) is 0 Å². The van der Waals surface area contributed by atoms with Crippen LogP contribution >= 0.6 is 0 Å². The van der Waals surface area contributed by atoms with Crippen LogP contribution in [-0.4, -0.2) is 46.0 Å². The molecule has 19 heavy (non-hydrogen) atoms. The van der Waals surface area contributed by atoms with E-state index in [4.69, 9.17) is 0 Å². The molecule has 1 fully saturated rings. The zero-order valence-electron chi connectivity index (χ0n) is 11.1. The van der Waals surface area contributed by atoms with Gasteiger partial charge < -0.3 is 20.3 Å². The number of rotatable bonds is 5. The third kappa shape index (κ3) is 2.46. The first kappa shape index (κ1) is 13.5. The molecule has 0 atom stereocenters. The summed E-state index contributed by atoms with van der Waals surface area (Å²) in [6, 6.07) is 3.09. The molecule has 0 saturated carbocycles. The molecule has 2 heterocycles. The lowest BCUT2D eigenvalue weighted by molar-refractivity contribution is -0.391. The zero-order chi connectivity index (χ0) is 14.0. The summed E-state index contributed by atoms with van der Waals surface area (Å²) in [5, 5.41) is 13.9. The number of hydrogen-bond donors (Lipinski definition) is 1. The molecule has 104 valence electrons. The summed E-state index contributed by atoms with van der Waals surface area (Å²) < 4.78 is 1.34. The minimum atomic E-state index is -0.480. The normalized spacial score (nSPS) is 15.1. The summed E-state index contributed by atoms with van der Waals surface area (Å²) in [5.41, 5.74) is 0.368. The predicted octanol–water partition coefficient (Wildman–Crippen LogP) is 0.757. The quantitative estimate of drug-likeness (QED) is 0.630. The first-order valence-corrected chi connectivity index (χ1v) is 6.38. The monoisotopic (exact) mass is 266 g/mol. The second-order valence-electron chi connectivity index (χ2n) is 4.70. The second kappa shape index (κ2) is 5.40. The van der Waals surface area contributed by atoms with Crippen LogP contribution in [-0.2, 0) is 7.05 Å². The van der Waals surface area contributed by atoms with Crippen LogP contribution in [0.1, 0.15) is 23.8 Å². The summed E-state index contributed by atoms with van der Waals surface area (Å²) in [6.45, 7) is 4.26. The Morgan fingerprint density at radius 3 is 2.68 bits per heavy atom. The van der Waals surface area contributed by atoms with Gasteiger partial charge in [-0.3, -0.25) is 4.79 Å². The van der Waals surface area contributed by atoms with Gasteiger partial charge in [0.2, 0.25) is 0 Å². The maximum atomic E-state index is 12.5. The van der Waals surface area contributed by atoms with Crippen molar-refractivity contribution >= 4 is 11.7 Å². The van der Waals surface area contributed by atoms with Crippen molar-refractivity contribution in [1.29, 1.82) is 0 Å². The number of amides is 1. The van der Waals surface area contributed by atoms with Crippen molar-refractivity contribution in [1.82, 2.24) is 14.8 Å². The van der Waals surface area contributed by atoms with Crippen molar-refractivity contribution in [2.24, 2.45) is 7.05 Å². The smallest absolute Gasteiger partial charge is 0.323 e. The van der Waals surface area contributed by atoms with Crippen LogP contribution in [0.5, 0.6) is 0 Å². The molecular formula is C12H18N4O3. The van der Waals surface area contributed by atoms with Crippen molar-refractivity contribution in [2.45, 2.75) is 19.4 Å². The Hall–Kier alpha value is -1.89. The second-order valence-corrected chi connectivity index (χ2v) is 4.70. The molecule has 1 aromatic heterocycles. The molecule has 7 heteroatoms. The van der Waals surface area contributed by atoms with Crippen LogP contribution in [0.25, 0.3) is 0 Å². The number of hydrogen-bond acceptors (Lipinski definition) is 4. The Morgan fingerprint density at radius 2 is 2.26 bits per heavy atom. The van der Waals surface area contributed by atoms with E-state index in [9.17, 15) is 14.9 Å². The number of nitrogens with one attached hydrogen (secondary N) is 1.